The van der Waals surface area contributed by atoms with E-state index in [-0.39, 0.29) is 12.5 Å². The molecule has 0 radical (unpaired) electrons. The van der Waals surface area contributed by atoms with Crippen molar-refractivity contribution in [3.05, 3.63) is 46.7 Å². The summed E-state index contributed by atoms with van der Waals surface area (Å²) in [5.74, 6) is 1.17. The summed E-state index contributed by atoms with van der Waals surface area (Å²) < 4.78 is 10.7. The van der Waals surface area contributed by atoms with Gasteiger partial charge in [-0.15, -0.1) is 0 Å². The van der Waals surface area contributed by atoms with Gasteiger partial charge in [0.15, 0.2) is 6.61 Å². The zero-order valence-corrected chi connectivity index (χ0v) is 13.8. The van der Waals surface area contributed by atoms with Crippen molar-refractivity contribution in [2.75, 3.05) is 19.8 Å². The number of aliphatic hydroxyl groups excluding tert-OH is 1. The highest BCUT2D eigenvalue weighted by Crippen LogP contribution is 2.19. The van der Waals surface area contributed by atoms with Crippen LogP contribution in [0.15, 0.2) is 41.1 Å². The first-order chi connectivity index (χ1) is 11.2. The standard InChI is InChI=1S/C17H21NO4S/c1-2-21-14-3-5-15(6-4-14)22-11-17(20)18-9-7-16(19)13-8-10-23-12-13/h3-6,8,10,12,16,19H,2,7,9,11H2,1H3,(H,18,20). The number of benzene rings is 1. The number of amides is 1. The average Bonchev–Trinajstić information content (AvgIpc) is 3.09. The Bertz CT molecular complexity index is 583. The van der Waals surface area contributed by atoms with Crippen LogP contribution in [0.3, 0.4) is 0 Å². The second-order valence-electron chi connectivity index (χ2n) is 4.90. The molecule has 1 amide bonds. The average molecular weight is 335 g/mol. The number of hydrogen-bond acceptors (Lipinski definition) is 5. The van der Waals surface area contributed by atoms with Crippen LogP contribution in [-0.4, -0.2) is 30.8 Å². The van der Waals surface area contributed by atoms with E-state index in [1.807, 2.05) is 23.8 Å². The van der Waals surface area contributed by atoms with Gasteiger partial charge in [0.05, 0.1) is 12.7 Å². The Morgan fingerprint density at radius 2 is 1.91 bits per heavy atom. The molecular weight excluding hydrogens is 314 g/mol. The Kier molecular flexibility index (Phi) is 6.90. The van der Waals surface area contributed by atoms with Gasteiger partial charge >= 0.3 is 0 Å². The molecule has 0 saturated carbocycles. The van der Waals surface area contributed by atoms with Gasteiger partial charge in [0.25, 0.3) is 5.91 Å². The largest absolute Gasteiger partial charge is 0.494 e. The maximum atomic E-state index is 11.7. The molecule has 0 fully saturated rings. The number of aliphatic hydroxyl groups is 1. The van der Waals surface area contributed by atoms with Gasteiger partial charge in [-0.2, -0.15) is 11.3 Å². The van der Waals surface area contributed by atoms with Crippen LogP contribution in [0, 0.1) is 0 Å². The van der Waals surface area contributed by atoms with Crippen molar-refractivity contribution >= 4 is 17.2 Å². The molecule has 1 aromatic heterocycles. The van der Waals surface area contributed by atoms with Crippen molar-refractivity contribution in [2.24, 2.45) is 0 Å². The van der Waals surface area contributed by atoms with Gasteiger partial charge < -0.3 is 19.9 Å². The lowest BCUT2D eigenvalue weighted by atomic mass is 10.1. The van der Waals surface area contributed by atoms with Crippen molar-refractivity contribution in [3.63, 3.8) is 0 Å². The number of hydrogen-bond donors (Lipinski definition) is 2. The second-order valence-corrected chi connectivity index (χ2v) is 5.68. The van der Waals surface area contributed by atoms with E-state index in [0.717, 1.165) is 11.3 Å². The van der Waals surface area contributed by atoms with Gasteiger partial charge in [0.1, 0.15) is 11.5 Å². The number of carbonyl (C=O) groups is 1. The number of carbonyl (C=O) groups excluding carboxylic acids is 1. The van der Waals surface area contributed by atoms with Crippen LogP contribution in [0.4, 0.5) is 0 Å². The molecule has 0 aliphatic heterocycles. The van der Waals surface area contributed by atoms with Gasteiger partial charge in [-0.3, -0.25) is 4.79 Å². The SMILES string of the molecule is CCOc1ccc(OCC(=O)NCCC(O)c2ccsc2)cc1. The Morgan fingerprint density at radius 3 is 2.52 bits per heavy atom. The Morgan fingerprint density at radius 1 is 1.22 bits per heavy atom. The smallest absolute Gasteiger partial charge is 0.257 e. The minimum absolute atomic E-state index is 0.0530. The summed E-state index contributed by atoms with van der Waals surface area (Å²) in [7, 11) is 0. The molecule has 2 N–H and O–H groups in total. The summed E-state index contributed by atoms with van der Waals surface area (Å²) in [5, 5.41) is 16.5. The lowest BCUT2D eigenvalue weighted by Crippen LogP contribution is -2.30. The first kappa shape index (κ1) is 17.3. The van der Waals surface area contributed by atoms with Gasteiger partial charge in [0, 0.05) is 6.54 Å². The number of ether oxygens (including phenoxy) is 2. The molecule has 124 valence electrons. The fraction of sp³-hybridized carbons (Fsp3) is 0.353. The third-order valence-corrected chi connectivity index (χ3v) is 3.87. The van der Waals surface area contributed by atoms with Crippen molar-refractivity contribution in [2.45, 2.75) is 19.4 Å². The molecule has 0 bridgehead atoms. The van der Waals surface area contributed by atoms with E-state index in [9.17, 15) is 9.90 Å². The van der Waals surface area contributed by atoms with Crippen molar-refractivity contribution in [3.8, 4) is 11.5 Å². The Labute approximate surface area is 139 Å². The fourth-order valence-corrected chi connectivity index (χ4v) is 2.69. The number of nitrogens with one attached hydrogen (secondary N) is 1. The first-order valence-electron chi connectivity index (χ1n) is 7.51. The predicted octanol–water partition coefficient (Wildman–Crippen LogP) is 2.77. The topological polar surface area (TPSA) is 67.8 Å². The lowest BCUT2D eigenvalue weighted by molar-refractivity contribution is -0.123. The van der Waals surface area contributed by atoms with Gasteiger partial charge in [-0.25, -0.2) is 0 Å². The first-order valence-corrected chi connectivity index (χ1v) is 8.46. The summed E-state index contributed by atoms with van der Waals surface area (Å²) in [5.41, 5.74) is 0.884. The maximum Gasteiger partial charge on any atom is 0.257 e. The van der Waals surface area contributed by atoms with Gasteiger partial charge in [-0.1, -0.05) is 0 Å². The zero-order chi connectivity index (χ0) is 16.5. The van der Waals surface area contributed by atoms with Crippen molar-refractivity contribution < 1.29 is 19.4 Å². The summed E-state index contributed by atoms with van der Waals surface area (Å²) >= 11 is 1.54. The summed E-state index contributed by atoms with van der Waals surface area (Å²) in [6.45, 7) is 2.88. The van der Waals surface area contributed by atoms with Gasteiger partial charge in [-0.05, 0) is 60.0 Å². The highest BCUT2D eigenvalue weighted by molar-refractivity contribution is 7.07. The second kappa shape index (κ2) is 9.17. The minimum Gasteiger partial charge on any atom is -0.494 e. The Balaban J connectivity index is 1.64. The zero-order valence-electron chi connectivity index (χ0n) is 13.0. The van der Waals surface area contributed by atoms with Gasteiger partial charge in [0.2, 0.25) is 0 Å². The van der Waals surface area contributed by atoms with E-state index in [4.69, 9.17) is 9.47 Å². The molecule has 1 heterocycles. The van der Waals surface area contributed by atoms with E-state index < -0.39 is 6.10 Å². The molecule has 2 rings (SSSR count). The van der Waals surface area contributed by atoms with Crippen molar-refractivity contribution in [1.82, 2.24) is 5.32 Å². The van der Waals surface area contributed by atoms with Crippen LogP contribution >= 0.6 is 11.3 Å². The highest BCUT2D eigenvalue weighted by atomic mass is 32.1. The lowest BCUT2D eigenvalue weighted by Gasteiger charge is -2.11. The maximum absolute atomic E-state index is 11.7. The van der Waals surface area contributed by atoms with E-state index in [0.29, 0.717) is 25.3 Å². The van der Waals surface area contributed by atoms with E-state index in [1.54, 1.807) is 35.6 Å². The molecule has 23 heavy (non-hydrogen) atoms. The third kappa shape index (κ3) is 5.92. The number of thiophene rings is 1. The van der Waals surface area contributed by atoms with E-state index in [1.165, 1.54) is 0 Å². The molecule has 1 atom stereocenters. The summed E-state index contributed by atoms with van der Waals surface area (Å²) in [6, 6.07) is 9.01. The van der Waals surface area contributed by atoms with E-state index in [2.05, 4.69) is 5.32 Å². The fourth-order valence-electron chi connectivity index (χ4n) is 1.98. The minimum atomic E-state index is -0.548. The molecule has 0 saturated heterocycles. The molecule has 5 nitrogen and oxygen atoms in total. The quantitative estimate of drug-likeness (QED) is 0.739. The monoisotopic (exact) mass is 335 g/mol. The molecule has 0 aliphatic carbocycles. The molecule has 0 aliphatic rings. The van der Waals surface area contributed by atoms with Crippen molar-refractivity contribution in [1.29, 1.82) is 0 Å². The molecule has 0 spiro atoms. The van der Waals surface area contributed by atoms with Crippen LogP contribution < -0.4 is 14.8 Å². The highest BCUT2D eigenvalue weighted by Gasteiger charge is 2.09. The van der Waals surface area contributed by atoms with Crippen LogP contribution in [-0.2, 0) is 4.79 Å². The van der Waals surface area contributed by atoms with Crippen LogP contribution in [0.2, 0.25) is 0 Å². The normalized spacial score (nSPS) is 11.7. The Hall–Kier alpha value is -2.05. The molecule has 1 aromatic carbocycles. The molecule has 2 aromatic rings. The molecule has 1 unspecified atom stereocenters. The van der Waals surface area contributed by atoms with E-state index >= 15 is 0 Å². The summed E-state index contributed by atoms with van der Waals surface area (Å²) in [4.78, 5) is 11.7. The van der Waals surface area contributed by atoms with Crippen LogP contribution in [0.25, 0.3) is 0 Å². The molecule has 6 heteroatoms. The molecular formula is C17H21NO4S. The predicted molar refractivity (Wildman–Crippen MR) is 90.0 cm³/mol. The van der Waals surface area contributed by atoms with Crippen LogP contribution in [0.1, 0.15) is 25.0 Å². The number of rotatable bonds is 9. The third-order valence-electron chi connectivity index (χ3n) is 3.17. The summed E-state index contributed by atoms with van der Waals surface area (Å²) in [6.07, 6.45) is -0.0699. The van der Waals surface area contributed by atoms with Crippen LogP contribution in [0.5, 0.6) is 11.5 Å².